The third-order valence-electron chi connectivity index (χ3n) is 3.96. The Bertz CT molecular complexity index is 566. The molecule has 2 N–H and O–H groups in total. The fourth-order valence-corrected chi connectivity index (χ4v) is 2.71. The van der Waals surface area contributed by atoms with Gasteiger partial charge >= 0.3 is 12.2 Å². The number of halogens is 3. The molecule has 0 radical (unpaired) electrons. The highest BCUT2D eigenvalue weighted by molar-refractivity contribution is 5.89. The predicted molar refractivity (Wildman–Crippen MR) is 83.0 cm³/mol. The fraction of sp³-hybridized carbons (Fsp3) is 0.562. The average molecular weight is 346 g/mol. The fourth-order valence-electron chi connectivity index (χ4n) is 2.71. The largest absolute Gasteiger partial charge is 0.484 e. The van der Waals surface area contributed by atoms with Gasteiger partial charge in [0.1, 0.15) is 5.75 Å². The Morgan fingerprint density at radius 3 is 2.79 bits per heavy atom. The van der Waals surface area contributed by atoms with Crippen LogP contribution in [0.5, 0.6) is 5.75 Å². The number of nitrogens with zero attached hydrogens (tertiary/aromatic N) is 1. The van der Waals surface area contributed by atoms with Gasteiger partial charge in [0.2, 0.25) is 0 Å². The number of rotatable bonds is 5. The number of urea groups is 1. The minimum atomic E-state index is -4.42. The van der Waals surface area contributed by atoms with Crippen molar-refractivity contribution in [2.45, 2.75) is 31.5 Å². The number of anilines is 1. The molecule has 1 aromatic rings. The molecule has 0 bridgehead atoms. The molecular formula is C16H21F3N2O3. The number of carbonyl (C=O) groups is 1. The molecular weight excluding hydrogens is 325 g/mol. The van der Waals surface area contributed by atoms with E-state index in [2.05, 4.69) is 10.1 Å². The number of carbonyl (C=O) groups excluding carboxylic acids is 1. The maximum absolute atomic E-state index is 12.2. The molecule has 1 fully saturated rings. The Morgan fingerprint density at radius 2 is 2.17 bits per heavy atom. The van der Waals surface area contributed by atoms with Gasteiger partial charge in [-0.05, 0) is 25.0 Å². The molecule has 1 aliphatic carbocycles. The number of hydrogen-bond acceptors (Lipinski definition) is 3. The van der Waals surface area contributed by atoms with Crippen molar-refractivity contribution in [3.8, 4) is 5.75 Å². The topological polar surface area (TPSA) is 61.8 Å². The molecule has 8 heteroatoms. The number of nitrogens with one attached hydrogen (secondary N) is 1. The van der Waals surface area contributed by atoms with Crippen LogP contribution in [0.2, 0.25) is 0 Å². The monoisotopic (exact) mass is 346 g/mol. The van der Waals surface area contributed by atoms with Gasteiger partial charge in [-0.15, -0.1) is 0 Å². The molecule has 1 saturated carbocycles. The van der Waals surface area contributed by atoms with E-state index < -0.39 is 12.8 Å². The van der Waals surface area contributed by atoms with E-state index in [1.165, 1.54) is 23.1 Å². The van der Waals surface area contributed by atoms with Crippen LogP contribution in [0.15, 0.2) is 24.3 Å². The molecule has 0 heterocycles. The van der Waals surface area contributed by atoms with Crippen LogP contribution in [-0.2, 0) is 0 Å². The van der Waals surface area contributed by atoms with Gasteiger partial charge in [-0.3, -0.25) is 0 Å². The summed E-state index contributed by atoms with van der Waals surface area (Å²) in [6.45, 7) is -0.957. The van der Waals surface area contributed by atoms with Crippen LogP contribution in [-0.4, -0.2) is 48.5 Å². The zero-order chi connectivity index (χ0) is 17.7. The molecule has 24 heavy (non-hydrogen) atoms. The van der Waals surface area contributed by atoms with E-state index in [-0.39, 0.29) is 23.8 Å². The minimum absolute atomic E-state index is 0.0268. The lowest BCUT2D eigenvalue weighted by Gasteiger charge is -2.23. The number of ether oxygens (including phenoxy) is 1. The quantitative estimate of drug-likeness (QED) is 0.860. The zero-order valence-electron chi connectivity index (χ0n) is 13.3. The van der Waals surface area contributed by atoms with Gasteiger partial charge < -0.3 is 20.1 Å². The van der Waals surface area contributed by atoms with Crippen LogP contribution in [0.1, 0.15) is 19.3 Å². The Morgan fingerprint density at radius 1 is 1.42 bits per heavy atom. The number of aliphatic hydroxyl groups excluding tert-OH is 1. The Kier molecular flexibility index (Phi) is 5.93. The van der Waals surface area contributed by atoms with Crippen molar-refractivity contribution in [3.05, 3.63) is 24.3 Å². The lowest BCUT2D eigenvalue weighted by atomic mass is 10.1. The third kappa shape index (κ3) is 5.59. The summed E-state index contributed by atoms with van der Waals surface area (Å²) in [5.74, 6) is 0.0844. The molecule has 0 aliphatic heterocycles. The average Bonchev–Trinajstić information content (AvgIpc) is 2.90. The van der Waals surface area contributed by atoms with Crippen LogP contribution >= 0.6 is 0 Å². The molecule has 2 amide bonds. The number of hydrogen-bond donors (Lipinski definition) is 2. The van der Waals surface area contributed by atoms with Crippen molar-refractivity contribution >= 4 is 11.7 Å². The van der Waals surface area contributed by atoms with Crippen LogP contribution in [0.25, 0.3) is 0 Å². The molecule has 0 saturated heterocycles. The van der Waals surface area contributed by atoms with Crippen molar-refractivity contribution in [2.24, 2.45) is 5.92 Å². The second-order valence-corrected chi connectivity index (χ2v) is 6.00. The second-order valence-electron chi connectivity index (χ2n) is 6.00. The van der Waals surface area contributed by atoms with Gasteiger partial charge in [0.05, 0.1) is 6.10 Å². The third-order valence-corrected chi connectivity index (χ3v) is 3.96. The summed E-state index contributed by atoms with van der Waals surface area (Å²) in [5, 5.41) is 12.4. The second kappa shape index (κ2) is 7.74. The van der Waals surface area contributed by atoms with E-state index in [4.69, 9.17) is 0 Å². The highest BCUT2D eigenvalue weighted by atomic mass is 19.4. The lowest BCUT2D eigenvalue weighted by molar-refractivity contribution is -0.153. The molecule has 5 nitrogen and oxygen atoms in total. The molecule has 1 aromatic carbocycles. The minimum Gasteiger partial charge on any atom is -0.484 e. The first-order chi connectivity index (χ1) is 11.2. The summed E-state index contributed by atoms with van der Waals surface area (Å²) in [5.41, 5.74) is 0.346. The summed E-state index contributed by atoms with van der Waals surface area (Å²) >= 11 is 0. The van der Waals surface area contributed by atoms with Gasteiger partial charge in [-0.25, -0.2) is 4.79 Å². The molecule has 0 spiro atoms. The van der Waals surface area contributed by atoms with Gasteiger partial charge in [-0.2, -0.15) is 13.2 Å². The van der Waals surface area contributed by atoms with E-state index in [0.29, 0.717) is 12.2 Å². The summed E-state index contributed by atoms with van der Waals surface area (Å²) in [6.07, 6.45) is -2.24. The van der Waals surface area contributed by atoms with E-state index in [1.807, 2.05) is 0 Å². The Labute approximate surface area is 138 Å². The molecule has 2 unspecified atom stereocenters. The summed E-state index contributed by atoms with van der Waals surface area (Å²) in [4.78, 5) is 13.6. The maximum Gasteiger partial charge on any atom is 0.422 e. The number of alkyl halides is 3. The molecule has 0 aromatic heterocycles. The highest BCUT2D eigenvalue weighted by Gasteiger charge is 2.29. The standard InChI is InChI=1S/C16H21F3N2O3/c1-21(9-11-4-2-7-14(11)22)15(23)20-12-5-3-6-13(8-12)24-10-16(17,18)19/h3,5-6,8,11,14,22H,2,4,7,9-10H2,1H3,(H,20,23). The van der Waals surface area contributed by atoms with Crippen molar-refractivity contribution in [1.29, 1.82) is 0 Å². The molecule has 1 aliphatic rings. The summed E-state index contributed by atoms with van der Waals surface area (Å²) < 4.78 is 41.1. The predicted octanol–water partition coefficient (Wildman–Crippen LogP) is 3.25. The summed E-state index contributed by atoms with van der Waals surface area (Å²) in [6, 6.07) is 5.41. The van der Waals surface area contributed by atoms with Gasteiger partial charge in [-0.1, -0.05) is 12.5 Å². The zero-order valence-corrected chi connectivity index (χ0v) is 13.3. The number of benzene rings is 1. The van der Waals surface area contributed by atoms with Crippen molar-refractivity contribution in [2.75, 3.05) is 25.5 Å². The molecule has 2 atom stereocenters. The summed E-state index contributed by atoms with van der Waals surface area (Å²) in [7, 11) is 1.62. The number of amides is 2. The van der Waals surface area contributed by atoms with Crippen molar-refractivity contribution in [1.82, 2.24) is 4.90 Å². The first-order valence-corrected chi connectivity index (χ1v) is 7.74. The van der Waals surface area contributed by atoms with E-state index >= 15 is 0 Å². The van der Waals surface area contributed by atoms with E-state index in [1.54, 1.807) is 13.1 Å². The van der Waals surface area contributed by atoms with Gasteiger partial charge in [0, 0.05) is 31.3 Å². The van der Waals surface area contributed by atoms with Crippen molar-refractivity contribution in [3.63, 3.8) is 0 Å². The smallest absolute Gasteiger partial charge is 0.422 e. The normalized spacial score (nSPS) is 20.7. The van der Waals surface area contributed by atoms with Gasteiger partial charge in [0.25, 0.3) is 0 Å². The SMILES string of the molecule is CN(CC1CCCC1O)C(=O)Nc1cccc(OCC(F)(F)F)c1. The van der Waals surface area contributed by atoms with E-state index in [0.717, 1.165) is 19.3 Å². The van der Waals surface area contributed by atoms with Crippen LogP contribution in [0.4, 0.5) is 23.7 Å². The molecule has 134 valence electrons. The Balaban J connectivity index is 1.88. The number of aliphatic hydroxyl groups is 1. The van der Waals surface area contributed by atoms with Crippen LogP contribution in [0.3, 0.4) is 0 Å². The Hall–Kier alpha value is -1.96. The van der Waals surface area contributed by atoms with E-state index in [9.17, 15) is 23.1 Å². The van der Waals surface area contributed by atoms with Crippen LogP contribution < -0.4 is 10.1 Å². The molecule has 2 rings (SSSR count). The highest BCUT2D eigenvalue weighted by Crippen LogP contribution is 2.26. The van der Waals surface area contributed by atoms with Gasteiger partial charge in [0.15, 0.2) is 6.61 Å². The van der Waals surface area contributed by atoms with Crippen LogP contribution in [0, 0.1) is 5.92 Å². The lowest BCUT2D eigenvalue weighted by Crippen LogP contribution is -2.37. The first kappa shape index (κ1) is 18.4. The first-order valence-electron chi connectivity index (χ1n) is 7.74. The maximum atomic E-state index is 12.2. The van der Waals surface area contributed by atoms with Crippen molar-refractivity contribution < 1.29 is 27.8 Å².